The fourth-order valence-corrected chi connectivity index (χ4v) is 4.78. The minimum absolute atomic E-state index is 0.00395. The third kappa shape index (κ3) is 5.39. The molecule has 9 nitrogen and oxygen atoms in total. The first-order valence-corrected chi connectivity index (χ1v) is 12.7. The van der Waals surface area contributed by atoms with Gasteiger partial charge in [-0.25, -0.2) is 9.78 Å². The molecule has 0 spiro atoms. The maximum atomic E-state index is 13.8. The van der Waals surface area contributed by atoms with Crippen LogP contribution in [0, 0.1) is 0 Å². The summed E-state index contributed by atoms with van der Waals surface area (Å²) >= 11 is 1.28. The Balaban J connectivity index is 1.35. The van der Waals surface area contributed by atoms with Gasteiger partial charge in [0.1, 0.15) is 12.6 Å². The summed E-state index contributed by atoms with van der Waals surface area (Å²) in [5.74, 6) is -0.559. The number of nitrogens with zero attached hydrogens (tertiary/aromatic N) is 3. The van der Waals surface area contributed by atoms with Crippen LogP contribution in [0.1, 0.15) is 35.2 Å². The van der Waals surface area contributed by atoms with E-state index in [-0.39, 0.29) is 31.5 Å². The lowest BCUT2D eigenvalue weighted by atomic mass is 10.1. The number of aromatic nitrogens is 1. The maximum Gasteiger partial charge on any atom is 0.410 e. The molecule has 0 bridgehead atoms. The van der Waals surface area contributed by atoms with E-state index in [1.807, 2.05) is 30.3 Å². The molecule has 2 N–H and O–H groups in total. The maximum absolute atomic E-state index is 13.8. The standard InChI is InChI=1S/C26H26N4O5S/c31-21-14-22(29(15-21)26(34)35-16-17-4-2-1-3-5-17)24(33)30(25-27-12-13-36-25)20-10-6-18(7-11-20)23(32)28-19-8-9-19/h1-7,10-13,19,21-22,31H,8-9,14-16H2,(H,28,32). The first kappa shape index (κ1) is 24.0. The molecule has 1 saturated carbocycles. The minimum atomic E-state index is -0.926. The summed E-state index contributed by atoms with van der Waals surface area (Å²) in [5, 5.41) is 15.5. The number of β-amino-alcohol motifs (C(OH)–C–C–N with tert-alkyl or cyclic N) is 1. The second kappa shape index (κ2) is 10.5. The molecule has 36 heavy (non-hydrogen) atoms. The number of aliphatic hydroxyl groups is 1. The van der Waals surface area contributed by atoms with E-state index < -0.39 is 24.1 Å². The van der Waals surface area contributed by atoms with Crippen molar-refractivity contribution in [1.82, 2.24) is 15.2 Å². The highest BCUT2D eigenvalue weighted by Crippen LogP contribution is 2.32. The van der Waals surface area contributed by atoms with E-state index in [1.54, 1.807) is 35.8 Å². The Bertz CT molecular complexity index is 1210. The number of nitrogens with one attached hydrogen (secondary N) is 1. The van der Waals surface area contributed by atoms with Crippen molar-refractivity contribution in [2.24, 2.45) is 0 Å². The van der Waals surface area contributed by atoms with E-state index in [1.165, 1.54) is 21.1 Å². The lowest BCUT2D eigenvalue weighted by Crippen LogP contribution is -2.46. The van der Waals surface area contributed by atoms with E-state index in [4.69, 9.17) is 4.74 Å². The molecule has 10 heteroatoms. The molecule has 5 rings (SSSR count). The number of carbonyl (C=O) groups excluding carboxylic acids is 3. The molecule has 2 unspecified atom stereocenters. The number of hydrogen-bond donors (Lipinski definition) is 2. The van der Waals surface area contributed by atoms with Gasteiger partial charge in [0.05, 0.1) is 18.3 Å². The molecule has 186 valence electrons. The van der Waals surface area contributed by atoms with E-state index in [0.717, 1.165) is 18.4 Å². The molecule has 1 aromatic heterocycles. The summed E-state index contributed by atoms with van der Waals surface area (Å²) in [4.78, 5) is 46.1. The van der Waals surface area contributed by atoms with Crippen molar-refractivity contribution in [3.8, 4) is 0 Å². The van der Waals surface area contributed by atoms with Gasteiger partial charge in [-0.05, 0) is 42.7 Å². The van der Waals surface area contributed by atoms with E-state index in [2.05, 4.69) is 10.3 Å². The molecule has 2 aromatic carbocycles. The summed E-state index contributed by atoms with van der Waals surface area (Å²) in [6, 6.07) is 15.3. The van der Waals surface area contributed by atoms with E-state index in [9.17, 15) is 19.5 Å². The largest absolute Gasteiger partial charge is 0.445 e. The number of thiazole rings is 1. The van der Waals surface area contributed by atoms with Crippen LogP contribution in [0.4, 0.5) is 15.6 Å². The van der Waals surface area contributed by atoms with Gasteiger partial charge in [-0.15, -0.1) is 11.3 Å². The minimum Gasteiger partial charge on any atom is -0.445 e. The fraction of sp³-hybridized carbons (Fsp3) is 0.308. The number of carbonyl (C=O) groups is 3. The molecule has 2 aliphatic rings. The number of aliphatic hydroxyl groups excluding tert-OH is 1. The van der Waals surface area contributed by atoms with E-state index in [0.29, 0.717) is 16.4 Å². The van der Waals surface area contributed by atoms with Crippen LogP contribution in [-0.4, -0.2) is 57.6 Å². The molecule has 1 aliphatic heterocycles. The molecular formula is C26H26N4O5S. The molecule has 1 aliphatic carbocycles. The highest BCUT2D eigenvalue weighted by Gasteiger charge is 2.43. The fourth-order valence-electron chi connectivity index (χ4n) is 4.12. The Morgan fingerprint density at radius 1 is 1.11 bits per heavy atom. The number of ether oxygens (including phenoxy) is 1. The molecular weight excluding hydrogens is 480 g/mol. The lowest BCUT2D eigenvalue weighted by molar-refractivity contribution is -0.121. The zero-order valence-corrected chi connectivity index (χ0v) is 20.3. The number of benzene rings is 2. The summed E-state index contributed by atoms with van der Waals surface area (Å²) in [5.41, 5.74) is 1.83. The van der Waals surface area contributed by atoms with Crippen LogP contribution in [0.5, 0.6) is 0 Å². The number of amides is 3. The van der Waals surface area contributed by atoms with Crippen molar-refractivity contribution in [1.29, 1.82) is 0 Å². The van der Waals surface area contributed by atoms with Crippen LogP contribution in [0.2, 0.25) is 0 Å². The van der Waals surface area contributed by atoms with Gasteiger partial charge in [0.2, 0.25) is 0 Å². The first-order chi connectivity index (χ1) is 17.5. The second-order valence-electron chi connectivity index (χ2n) is 8.88. The summed E-state index contributed by atoms with van der Waals surface area (Å²) in [6.07, 6.45) is 2.15. The van der Waals surface area contributed by atoms with Crippen molar-refractivity contribution in [2.75, 3.05) is 11.4 Å². The summed E-state index contributed by atoms with van der Waals surface area (Å²) in [7, 11) is 0. The Hall–Kier alpha value is -3.76. The first-order valence-electron chi connectivity index (χ1n) is 11.8. The van der Waals surface area contributed by atoms with Crippen molar-refractivity contribution >= 4 is 40.1 Å². The van der Waals surface area contributed by atoms with Crippen molar-refractivity contribution < 1.29 is 24.2 Å². The van der Waals surface area contributed by atoms with Crippen LogP contribution >= 0.6 is 11.3 Å². The number of rotatable bonds is 7. The monoisotopic (exact) mass is 506 g/mol. The Morgan fingerprint density at radius 3 is 2.53 bits per heavy atom. The third-order valence-electron chi connectivity index (χ3n) is 6.13. The molecule has 2 heterocycles. The van der Waals surface area contributed by atoms with E-state index >= 15 is 0 Å². The van der Waals surface area contributed by atoms with Crippen LogP contribution in [0.3, 0.4) is 0 Å². The van der Waals surface area contributed by atoms with Crippen LogP contribution in [0.25, 0.3) is 0 Å². The topological polar surface area (TPSA) is 112 Å². The zero-order chi connectivity index (χ0) is 25.1. The lowest BCUT2D eigenvalue weighted by Gasteiger charge is -2.28. The second-order valence-corrected chi connectivity index (χ2v) is 9.75. The Labute approximate surface area is 212 Å². The predicted molar refractivity (Wildman–Crippen MR) is 134 cm³/mol. The average Bonchev–Trinajstić information content (AvgIpc) is 3.37. The van der Waals surface area contributed by atoms with Crippen molar-refractivity contribution in [3.05, 3.63) is 77.3 Å². The molecule has 2 atom stereocenters. The van der Waals surface area contributed by atoms with Gasteiger partial charge in [0.25, 0.3) is 11.8 Å². The van der Waals surface area contributed by atoms with Gasteiger partial charge < -0.3 is 15.2 Å². The molecule has 0 radical (unpaired) electrons. The summed E-state index contributed by atoms with van der Waals surface area (Å²) in [6.45, 7) is 0.0593. The van der Waals surface area contributed by atoms with Gasteiger partial charge in [-0.2, -0.15) is 0 Å². The number of likely N-dealkylation sites (tertiary alicyclic amines) is 1. The van der Waals surface area contributed by atoms with Crippen LogP contribution in [0.15, 0.2) is 66.2 Å². The quantitative estimate of drug-likeness (QED) is 0.508. The molecule has 3 amide bonds. The Morgan fingerprint density at radius 2 is 1.86 bits per heavy atom. The normalized spacial score (nSPS) is 19.1. The van der Waals surface area contributed by atoms with Gasteiger partial charge in [-0.1, -0.05) is 30.3 Å². The smallest absolute Gasteiger partial charge is 0.410 e. The third-order valence-corrected chi connectivity index (χ3v) is 6.89. The van der Waals surface area contributed by atoms with Gasteiger partial charge in [0, 0.05) is 29.6 Å². The van der Waals surface area contributed by atoms with Gasteiger partial charge in [0.15, 0.2) is 5.13 Å². The molecule has 3 aromatic rings. The summed E-state index contributed by atoms with van der Waals surface area (Å²) < 4.78 is 5.44. The van der Waals surface area contributed by atoms with Crippen molar-refractivity contribution in [2.45, 2.75) is 44.1 Å². The predicted octanol–water partition coefficient (Wildman–Crippen LogP) is 3.47. The number of anilines is 2. The van der Waals surface area contributed by atoms with Crippen LogP contribution < -0.4 is 10.2 Å². The van der Waals surface area contributed by atoms with Gasteiger partial charge in [-0.3, -0.25) is 19.4 Å². The highest BCUT2D eigenvalue weighted by molar-refractivity contribution is 7.13. The molecule has 2 fully saturated rings. The highest BCUT2D eigenvalue weighted by atomic mass is 32.1. The average molecular weight is 507 g/mol. The zero-order valence-electron chi connectivity index (χ0n) is 19.4. The van der Waals surface area contributed by atoms with Crippen molar-refractivity contribution in [3.63, 3.8) is 0 Å². The van der Waals surface area contributed by atoms with Crippen LogP contribution in [-0.2, 0) is 16.1 Å². The van der Waals surface area contributed by atoms with Gasteiger partial charge >= 0.3 is 6.09 Å². The SMILES string of the molecule is O=C(NC1CC1)c1ccc(N(C(=O)C2CC(O)CN2C(=O)OCc2ccccc2)c2nccs2)cc1. The number of hydrogen-bond acceptors (Lipinski definition) is 7. The Kier molecular flexibility index (Phi) is 6.97. The molecule has 1 saturated heterocycles.